The van der Waals surface area contributed by atoms with Crippen molar-refractivity contribution in [3.63, 3.8) is 0 Å². The molecule has 1 aromatic rings. The molecule has 0 aliphatic heterocycles. The molecule has 84 valence electrons. The largest absolute Gasteiger partial charge is 0.399 e. The third kappa shape index (κ3) is 4.84. The summed E-state index contributed by atoms with van der Waals surface area (Å²) in [7, 11) is 0. The van der Waals surface area contributed by atoms with E-state index < -0.39 is 0 Å². The van der Waals surface area contributed by atoms with Gasteiger partial charge in [0.25, 0.3) is 0 Å². The van der Waals surface area contributed by atoms with E-state index in [1.165, 1.54) is 24.8 Å². The maximum absolute atomic E-state index is 5.63. The van der Waals surface area contributed by atoms with Gasteiger partial charge in [-0.1, -0.05) is 31.9 Å². The van der Waals surface area contributed by atoms with Gasteiger partial charge < -0.3 is 11.1 Å². The molecule has 0 aromatic heterocycles. The summed E-state index contributed by atoms with van der Waals surface area (Å²) in [5.74, 6) is 0. The molecule has 0 heterocycles. The highest BCUT2D eigenvalue weighted by Gasteiger charge is 2.00. The number of nitrogens with two attached hydrogens (primary N) is 1. The topological polar surface area (TPSA) is 38.0 Å². The van der Waals surface area contributed by atoms with Crippen molar-refractivity contribution in [3.8, 4) is 0 Å². The van der Waals surface area contributed by atoms with Gasteiger partial charge in [0.2, 0.25) is 0 Å². The van der Waals surface area contributed by atoms with Crippen LogP contribution < -0.4 is 11.1 Å². The van der Waals surface area contributed by atoms with E-state index in [1.807, 2.05) is 12.1 Å². The third-order valence-corrected chi connectivity index (χ3v) is 2.63. The molecular formula is C13H22N2. The second kappa shape index (κ2) is 6.46. The lowest BCUT2D eigenvalue weighted by Gasteiger charge is -2.13. The van der Waals surface area contributed by atoms with Crippen molar-refractivity contribution in [1.82, 2.24) is 5.32 Å². The van der Waals surface area contributed by atoms with E-state index in [4.69, 9.17) is 5.73 Å². The Morgan fingerprint density at radius 2 is 1.93 bits per heavy atom. The third-order valence-electron chi connectivity index (χ3n) is 2.63. The van der Waals surface area contributed by atoms with Crippen molar-refractivity contribution < 1.29 is 0 Å². The Morgan fingerprint density at radius 3 is 2.53 bits per heavy atom. The van der Waals surface area contributed by atoms with E-state index in [0.29, 0.717) is 6.04 Å². The molecule has 0 saturated carbocycles. The fourth-order valence-corrected chi connectivity index (χ4v) is 1.54. The van der Waals surface area contributed by atoms with Crippen molar-refractivity contribution in [3.05, 3.63) is 29.8 Å². The van der Waals surface area contributed by atoms with Crippen LogP contribution in [0.5, 0.6) is 0 Å². The molecule has 0 aliphatic rings. The summed E-state index contributed by atoms with van der Waals surface area (Å²) >= 11 is 0. The zero-order valence-corrected chi connectivity index (χ0v) is 9.79. The summed E-state index contributed by atoms with van der Waals surface area (Å²) in [5.41, 5.74) is 7.76. The first kappa shape index (κ1) is 12.1. The van der Waals surface area contributed by atoms with E-state index in [9.17, 15) is 0 Å². The Balaban J connectivity index is 2.27. The van der Waals surface area contributed by atoms with Crippen molar-refractivity contribution >= 4 is 5.69 Å². The highest BCUT2D eigenvalue weighted by molar-refractivity contribution is 5.39. The summed E-state index contributed by atoms with van der Waals surface area (Å²) in [6.45, 7) is 5.41. The van der Waals surface area contributed by atoms with Crippen LogP contribution in [0.1, 0.15) is 38.7 Å². The molecule has 0 spiro atoms. The lowest BCUT2D eigenvalue weighted by Crippen LogP contribution is -2.25. The van der Waals surface area contributed by atoms with Gasteiger partial charge in [0.05, 0.1) is 0 Å². The number of nitrogens with one attached hydrogen (secondary N) is 1. The fraction of sp³-hybridized carbons (Fsp3) is 0.538. The van der Waals surface area contributed by atoms with Crippen molar-refractivity contribution in [2.24, 2.45) is 0 Å². The number of anilines is 1. The Labute approximate surface area is 92.9 Å². The summed E-state index contributed by atoms with van der Waals surface area (Å²) in [6, 6.07) is 8.66. The van der Waals surface area contributed by atoms with Gasteiger partial charge in [-0.25, -0.2) is 0 Å². The Morgan fingerprint density at radius 1 is 1.27 bits per heavy atom. The molecule has 15 heavy (non-hydrogen) atoms. The molecule has 1 atom stereocenters. The summed E-state index contributed by atoms with van der Waals surface area (Å²) in [6.07, 6.45) is 3.83. The van der Waals surface area contributed by atoms with Gasteiger partial charge in [-0.15, -0.1) is 0 Å². The van der Waals surface area contributed by atoms with Crippen molar-refractivity contribution in [2.45, 2.75) is 45.7 Å². The molecule has 1 unspecified atom stereocenters. The Kier molecular flexibility index (Phi) is 5.19. The van der Waals surface area contributed by atoms with Crippen LogP contribution in [-0.4, -0.2) is 6.04 Å². The van der Waals surface area contributed by atoms with Gasteiger partial charge in [0.1, 0.15) is 0 Å². The van der Waals surface area contributed by atoms with E-state index in [0.717, 1.165) is 12.2 Å². The quantitative estimate of drug-likeness (QED) is 0.702. The van der Waals surface area contributed by atoms with Gasteiger partial charge in [-0.2, -0.15) is 0 Å². The van der Waals surface area contributed by atoms with Crippen LogP contribution in [-0.2, 0) is 6.54 Å². The average molecular weight is 206 g/mol. The number of hydrogen-bond donors (Lipinski definition) is 2. The number of nitrogen functional groups attached to an aromatic ring is 1. The predicted molar refractivity (Wildman–Crippen MR) is 66.7 cm³/mol. The minimum atomic E-state index is 0.600. The van der Waals surface area contributed by atoms with Crippen molar-refractivity contribution in [2.75, 3.05) is 5.73 Å². The Hall–Kier alpha value is -1.02. The molecule has 0 saturated heterocycles. The number of unbranched alkanes of at least 4 members (excludes halogenated alkanes) is 1. The van der Waals surface area contributed by atoms with E-state index >= 15 is 0 Å². The highest BCUT2D eigenvalue weighted by atomic mass is 14.9. The summed E-state index contributed by atoms with van der Waals surface area (Å²) in [4.78, 5) is 0. The van der Waals surface area contributed by atoms with Crippen LogP contribution in [0.4, 0.5) is 5.69 Å². The molecule has 0 aliphatic carbocycles. The van der Waals surface area contributed by atoms with Crippen LogP contribution in [0, 0.1) is 0 Å². The minimum absolute atomic E-state index is 0.600. The van der Waals surface area contributed by atoms with E-state index in [1.54, 1.807) is 0 Å². The Bertz CT molecular complexity index is 266. The monoisotopic (exact) mass is 206 g/mol. The standard InChI is InChI=1S/C13H22N2/c1-3-4-5-11(2)15-10-12-6-8-13(14)9-7-12/h6-9,11,15H,3-5,10,14H2,1-2H3. The maximum atomic E-state index is 5.63. The second-order valence-corrected chi connectivity index (χ2v) is 4.17. The van der Waals surface area contributed by atoms with Gasteiger partial charge in [-0.05, 0) is 31.0 Å². The fourth-order valence-electron chi connectivity index (χ4n) is 1.54. The lowest BCUT2D eigenvalue weighted by atomic mass is 10.1. The first-order valence-electron chi connectivity index (χ1n) is 5.80. The van der Waals surface area contributed by atoms with Gasteiger partial charge in [-0.3, -0.25) is 0 Å². The van der Waals surface area contributed by atoms with Crippen LogP contribution >= 0.6 is 0 Å². The van der Waals surface area contributed by atoms with Gasteiger partial charge >= 0.3 is 0 Å². The lowest BCUT2D eigenvalue weighted by molar-refractivity contribution is 0.495. The number of benzene rings is 1. The predicted octanol–water partition coefficient (Wildman–Crippen LogP) is 2.94. The molecule has 2 heteroatoms. The van der Waals surface area contributed by atoms with E-state index in [2.05, 4.69) is 31.3 Å². The maximum Gasteiger partial charge on any atom is 0.0314 e. The first-order valence-corrected chi connectivity index (χ1v) is 5.80. The molecule has 0 radical (unpaired) electrons. The molecule has 0 bridgehead atoms. The SMILES string of the molecule is CCCCC(C)NCc1ccc(N)cc1. The summed E-state index contributed by atoms with van der Waals surface area (Å²) in [5, 5.41) is 3.51. The second-order valence-electron chi connectivity index (χ2n) is 4.17. The van der Waals surface area contributed by atoms with Gasteiger partial charge in [0.15, 0.2) is 0 Å². The number of rotatable bonds is 6. The van der Waals surface area contributed by atoms with Crippen LogP contribution in [0.25, 0.3) is 0 Å². The zero-order chi connectivity index (χ0) is 11.1. The smallest absolute Gasteiger partial charge is 0.0314 e. The van der Waals surface area contributed by atoms with Crippen LogP contribution in [0.2, 0.25) is 0 Å². The van der Waals surface area contributed by atoms with Crippen molar-refractivity contribution in [1.29, 1.82) is 0 Å². The normalized spacial score (nSPS) is 12.7. The van der Waals surface area contributed by atoms with Gasteiger partial charge in [0, 0.05) is 18.3 Å². The van der Waals surface area contributed by atoms with Crippen LogP contribution in [0.15, 0.2) is 24.3 Å². The van der Waals surface area contributed by atoms with Crippen LogP contribution in [0.3, 0.4) is 0 Å². The molecular weight excluding hydrogens is 184 g/mol. The molecule has 1 rings (SSSR count). The minimum Gasteiger partial charge on any atom is -0.399 e. The molecule has 1 aromatic carbocycles. The zero-order valence-electron chi connectivity index (χ0n) is 9.79. The summed E-state index contributed by atoms with van der Waals surface area (Å²) < 4.78 is 0. The van der Waals surface area contributed by atoms with E-state index in [-0.39, 0.29) is 0 Å². The molecule has 0 fully saturated rings. The number of hydrogen-bond acceptors (Lipinski definition) is 2. The average Bonchev–Trinajstić information content (AvgIpc) is 2.25. The first-order chi connectivity index (χ1) is 7.22. The molecule has 3 N–H and O–H groups in total. The highest BCUT2D eigenvalue weighted by Crippen LogP contribution is 2.06. The molecule has 2 nitrogen and oxygen atoms in total. The molecule has 0 amide bonds.